The maximum Gasteiger partial charge on any atom is 0.318 e. The van der Waals surface area contributed by atoms with Gasteiger partial charge in [-0.3, -0.25) is 14.5 Å². The van der Waals surface area contributed by atoms with E-state index in [2.05, 4.69) is 53.4 Å². The lowest BCUT2D eigenvalue weighted by atomic mass is 9.60. The minimum atomic E-state index is -0.882. The van der Waals surface area contributed by atoms with E-state index in [-0.39, 0.29) is 54.6 Å². The molecule has 0 radical (unpaired) electrons. The highest BCUT2D eigenvalue weighted by atomic mass is 16.3. The number of hydrogen-bond acceptors (Lipinski definition) is 12. The molecule has 0 unspecified atom stereocenters. The number of phenols is 1. The molecule has 6 atom stereocenters. The lowest BCUT2D eigenvalue weighted by Crippen LogP contribution is -2.70. The van der Waals surface area contributed by atoms with Gasteiger partial charge in [0.25, 0.3) is 0 Å². The van der Waals surface area contributed by atoms with E-state index in [4.69, 9.17) is 16.4 Å². The zero-order valence-electron chi connectivity index (χ0n) is 40.3. The van der Waals surface area contributed by atoms with Gasteiger partial charge in [-0.15, -0.1) is 16.6 Å². The second-order valence-corrected chi connectivity index (χ2v) is 21.9. The molecule has 6 aliphatic rings. The lowest BCUT2D eigenvalue weighted by Gasteiger charge is -2.60. The zero-order chi connectivity index (χ0) is 48.6. The predicted octanol–water partition coefficient (Wildman–Crippen LogP) is 4.46. The smallest absolute Gasteiger partial charge is 0.318 e. The van der Waals surface area contributed by atoms with Crippen molar-refractivity contribution in [3.63, 3.8) is 0 Å². The van der Waals surface area contributed by atoms with Crippen molar-refractivity contribution in [1.29, 1.82) is 0 Å². The first-order valence-corrected chi connectivity index (χ1v) is 24.7. The average molecular weight is 947 g/mol. The van der Waals surface area contributed by atoms with Crippen LogP contribution in [0.4, 0.5) is 16.4 Å². The van der Waals surface area contributed by atoms with Crippen molar-refractivity contribution in [2.75, 3.05) is 62.2 Å². The summed E-state index contributed by atoms with van der Waals surface area (Å²) in [4.78, 5) is 65.3. The van der Waals surface area contributed by atoms with Gasteiger partial charge in [0, 0.05) is 111 Å². The number of carbonyl (C=O) groups excluding carboxylic acids is 3. The summed E-state index contributed by atoms with van der Waals surface area (Å²) in [5.41, 5.74) is 6.46. The lowest BCUT2D eigenvalue weighted by molar-refractivity contribution is -0.142. The number of amides is 4. The first kappa shape index (κ1) is 45.7. The van der Waals surface area contributed by atoms with Gasteiger partial charge in [0.2, 0.25) is 17.8 Å². The van der Waals surface area contributed by atoms with Gasteiger partial charge < -0.3 is 45.4 Å². The number of fused-ring (bicyclic) bond motifs is 4. The van der Waals surface area contributed by atoms with E-state index in [1.807, 2.05) is 80.5 Å². The third kappa shape index (κ3) is 8.34. The summed E-state index contributed by atoms with van der Waals surface area (Å²) in [6.07, 6.45) is 11.6. The minimum Gasteiger partial charge on any atom is -0.507 e. The Balaban J connectivity index is 0.650. The largest absolute Gasteiger partial charge is 0.507 e. The minimum absolute atomic E-state index is 0.00727. The van der Waals surface area contributed by atoms with Crippen molar-refractivity contribution >= 4 is 40.5 Å². The fraction of sp³-hybridized carbons (Fsp3) is 0.491. The number of hydrogen-bond donors (Lipinski definition) is 5. The van der Waals surface area contributed by atoms with E-state index in [0.29, 0.717) is 48.2 Å². The summed E-state index contributed by atoms with van der Waals surface area (Å²) in [6, 6.07) is 15.0. The number of nitrogens with zero attached hydrogens (tertiary/aromatic N) is 9. The molecule has 5 aliphatic heterocycles. The second-order valence-electron chi connectivity index (χ2n) is 21.9. The maximum atomic E-state index is 14.2. The molecule has 4 amide bonds. The summed E-state index contributed by atoms with van der Waals surface area (Å²) in [7, 11) is 0. The number of anilines is 2. The molecule has 2 aromatic carbocycles. The summed E-state index contributed by atoms with van der Waals surface area (Å²) in [6.45, 7) is 14.4. The van der Waals surface area contributed by atoms with Crippen LogP contribution in [0.25, 0.3) is 22.3 Å². The Hall–Kier alpha value is -6.77. The summed E-state index contributed by atoms with van der Waals surface area (Å²) in [5.74, 6) is 3.90. The van der Waals surface area contributed by atoms with E-state index < -0.39 is 23.6 Å². The topological polar surface area (TPSA) is 199 Å². The monoisotopic (exact) mass is 946 g/mol. The third-order valence-electron chi connectivity index (χ3n) is 16.1. The van der Waals surface area contributed by atoms with Crippen LogP contribution in [0.3, 0.4) is 0 Å². The van der Waals surface area contributed by atoms with Crippen molar-refractivity contribution in [1.82, 2.24) is 50.5 Å². The number of benzene rings is 2. The Morgan fingerprint density at radius 3 is 2.37 bits per heavy atom. The molecular formula is C53H62N12O5. The predicted molar refractivity (Wildman–Crippen MR) is 264 cm³/mol. The molecule has 8 heterocycles. The molecule has 70 heavy (non-hydrogen) atoms. The molecule has 1 spiro atoms. The van der Waals surface area contributed by atoms with Crippen molar-refractivity contribution in [2.24, 2.45) is 22.7 Å². The van der Waals surface area contributed by atoms with Crippen LogP contribution in [0.1, 0.15) is 75.4 Å². The van der Waals surface area contributed by atoms with E-state index in [9.17, 15) is 24.6 Å². The van der Waals surface area contributed by atoms with Gasteiger partial charge >= 0.3 is 6.03 Å². The molecule has 1 saturated carbocycles. The standard InChI is InChI=1S/C53H62N12O5/c1-6-32-11-13-33(14-12-32)21-54-48(68)43-17-38(66)28-65(43)49(69)46(52(3,4)5)58-51(70)63-29-53(30-63)19-36(20-53)61-24-34-26-62(27-35(34)25-61)37-22-55-50(56-23-37)64-16-15-41-45(31(64)2)40-18-42(59-60-47(40)57-41)39-9-7-8-10-44(39)67/h1,7-14,18,22-23,31,34-36,38,43,46,66-67H,15-17,19-21,24-30H2,2-5H3,(H,54,68)(H,57,60)(H,58,70)/t31-,34-,35+,38-,43+,46-/m1/s1. The molecule has 17 heteroatoms. The Bertz CT molecular complexity index is 2850. The number of aliphatic hydroxyl groups is 1. The molecule has 5 fully saturated rings. The van der Waals surface area contributed by atoms with Crippen molar-refractivity contribution < 1.29 is 24.6 Å². The number of phenolic OH excluding ortho intramolecular Hbond substituents is 1. The van der Waals surface area contributed by atoms with Crippen LogP contribution in [0.2, 0.25) is 0 Å². The average Bonchev–Trinajstić information content (AvgIpc) is 4.11. The van der Waals surface area contributed by atoms with Gasteiger partial charge in [-0.1, -0.05) is 51.0 Å². The fourth-order valence-corrected chi connectivity index (χ4v) is 12.3. The molecular weight excluding hydrogens is 885 g/mol. The van der Waals surface area contributed by atoms with E-state index in [0.717, 1.165) is 91.1 Å². The fourth-order valence-electron chi connectivity index (χ4n) is 12.3. The molecule has 5 N–H and O–H groups in total. The molecule has 5 aromatic rings. The summed E-state index contributed by atoms with van der Waals surface area (Å²) < 4.78 is 0. The number of aliphatic hydroxyl groups excluding tert-OH is 1. The van der Waals surface area contributed by atoms with E-state index in [1.165, 1.54) is 4.90 Å². The highest BCUT2D eigenvalue weighted by molar-refractivity contribution is 5.93. The van der Waals surface area contributed by atoms with Crippen LogP contribution in [0.15, 0.2) is 67.0 Å². The molecule has 4 saturated heterocycles. The van der Waals surface area contributed by atoms with Gasteiger partial charge in [0.05, 0.1) is 35.9 Å². The van der Waals surface area contributed by atoms with Gasteiger partial charge in [-0.25, -0.2) is 14.8 Å². The number of para-hydroxylation sites is 1. The van der Waals surface area contributed by atoms with Crippen molar-refractivity contribution in [2.45, 2.75) is 90.2 Å². The van der Waals surface area contributed by atoms with Gasteiger partial charge in [0.1, 0.15) is 17.8 Å². The second kappa shape index (κ2) is 17.6. The number of H-pyrrole nitrogens is 1. The van der Waals surface area contributed by atoms with Gasteiger partial charge in [-0.05, 0) is 72.9 Å². The van der Waals surface area contributed by atoms with Crippen molar-refractivity contribution in [3.05, 3.63) is 89.4 Å². The molecule has 11 rings (SSSR count). The highest BCUT2D eigenvalue weighted by Crippen LogP contribution is 2.52. The first-order valence-electron chi connectivity index (χ1n) is 24.7. The molecule has 17 nitrogen and oxygen atoms in total. The zero-order valence-corrected chi connectivity index (χ0v) is 40.3. The molecule has 1 aliphatic carbocycles. The number of terminal acetylenes is 1. The van der Waals surface area contributed by atoms with Gasteiger partial charge in [0.15, 0.2) is 5.65 Å². The Kier molecular flexibility index (Phi) is 11.5. The number of β-amino-alcohol motifs (C(OH)–C–C–N with tert-alkyl or cyclic N) is 1. The molecule has 3 aromatic heterocycles. The SMILES string of the molecule is C#Cc1ccc(CNC(=O)[C@@H]2C[C@@H](O)CN2C(=O)[C@@H](NC(=O)N2CC3(CC(N4C[C@H]5CN(c6cnc(N7CCc8[nH]c9nnc(-c%10ccccc%10O)cc9c8[C@H]7C)nc6)C[C@H]5C4)C3)C2)C(C)(C)C)cc1. The Labute approximate surface area is 408 Å². The Morgan fingerprint density at radius 2 is 1.69 bits per heavy atom. The van der Waals surface area contributed by atoms with Crippen LogP contribution < -0.4 is 20.4 Å². The highest BCUT2D eigenvalue weighted by Gasteiger charge is 2.57. The molecule has 364 valence electrons. The van der Waals surface area contributed by atoms with Crippen LogP contribution in [0.5, 0.6) is 5.75 Å². The number of urea groups is 1. The number of aromatic amines is 1. The van der Waals surface area contributed by atoms with Crippen LogP contribution in [0, 0.1) is 35.0 Å². The number of likely N-dealkylation sites (tertiary alicyclic amines) is 3. The molecule has 0 bridgehead atoms. The number of rotatable bonds is 9. The number of nitrogens with one attached hydrogen (secondary N) is 3. The van der Waals surface area contributed by atoms with Crippen molar-refractivity contribution in [3.8, 4) is 29.4 Å². The first-order chi connectivity index (χ1) is 33.6. The number of aromatic nitrogens is 5. The Morgan fingerprint density at radius 1 is 0.971 bits per heavy atom. The summed E-state index contributed by atoms with van der Waals surface area (Å²) >= 11 is 0. The normalized spacial score (nSPS) is 24.5. The number of aromatic hydroxyl groups is 1. The van der Waals surface area contributed by atoms with E-state index >= 15 is 0 Å². The van der Waals surface area contributed by atoms with Gasteiger partial charge in [-0.2, -0.15) is 0 Å². The van der Waals surface area contributed by atoms with Crippen LogP contribution >= 0.6 is 0 Å². The third-order valence-corrected chi connectivity index (χ3v) is 16.1. The number of carbonyl (C=O) groups is 3. The van der Waals surface area contributed by atoms with E-state index in [1.54, 1.807) is 12.1 Å². The summed E-state index contributed by atoms with van der Waals surface area (Å²) in [5, 5.41) is 37.0. The van der Waals surface area contributed by atoms with Crippen LogP contribution in [-0.2, 0) is 22.6 Å². The maximum absolute atomic E-state index is 14.2. The van der Waals surface area contributed by atoms with Crippen LogP contribution in [-0.4, -0.2) is 144 Å². The quantitative estimate of drug-likeness (QED) is 0.130.